The molecule has 0 amide bonds. The first-order chi connectivity index (χ1) is 9.22. The third kappa shape index (κ3) is 5.98. The standard InChI is InChI=1S/C15H25N3O.HI/c1-5-6-11-18(3)15(16-2)17-12-13-9-7-8-10-14(13)19-4;/h7-10H,5-6,11-12H2,1-4H3,(H,16,17);1H. The number of para-hydroxylation sites is 1. The molecule has 0 saturated carbocycles. The van der Waals surface area contributed by atoms with Gasteiger partial charge in [0.25, 0.3) is 0 Å². The molecule has 4 nitrogen and oxygen atoms in total. The van der Waals surface area contributed by atoms with Crippen molar-refractivity contribution in [1.82, 2.24) is 10.2 Å². The van der Waals surface area contributed by atoms with Crippen molar-refractivity contribution in [3.05, 3.63) is 29.8 Å². The number of rotatable bonds is 6. The van der Waals surface area contributed by atoms with Crippen LogP contribution in [-0.4, -0.2) is 38.6 Å². The molecule has 1 rings (SSSR count). The van der Waals surface area contributed by atoms with Gasteiger partial charge in [-0.3, -0.25) is 4.99 Å². The zero-order valence-electron chi connectivity index (χ0n) is 12.8. The first-order valence-corrected chi connectivity index (χ1v) is 6.76. The van der Waals surface area contributed by atoms with Crippen LogP contribution in [0.4, 0.5) is 0 Å². The van der Waals surface area contributed by atoms with E-state index in [4.69, 9.17) is 4.74 Å². The Morgan fingerprint density at radius 2 is 2.05 bits per heavy atom. The average molecular weight is 391 g/mol. The van der Waals surface area contributed by atoms with Crippen molar-refractivity contribution >= 4 is 29.9 Å². The highest BCUT2D eigenvalue weighted by molar-refractivity contribution is 14.0. The van der Waals surface area contributed by atoms with Gasteiger partial charge in [-0.2, -0.15) is 0 Å². The minimum atomic E-state index is 0. The molecular formula is C15H26IN3O. The van der Waals surface area contributed by atoms with E-state index in [-0.39, 0.29) is 24.0 Å². The molecule has 0 aliphatic rings. The molecule has 0 radical (unpaired) electrons. The quantitative estimate of drug-likeness (QED) is 0.460. The molecule has 0 spiro atoms. The van der Waals surface area contributed by atoms with E-state index in [9.17, 15) is 0 Å². The van der Waals surface area contributed by atoms with E-state index in [1.54, 1.807) is 7.11 Å². The summed E-state index contributed by atoms with van der Waals surface area (Å²) < 4.78 is 5.34. The lowest BCUT2D eigenvalue weighted by atomic mass is 10.2. The largest absolute Gasteiger partial charge is 0.496 e. The lowest BCUT2D eigenvalue weighted by Gasteiger charge is -2.22. The Morgan fingerprint density at radius 1 is 1.35 bits per heavy atom. The summed E-state index contributed by atoms with van der Waals surface area (Å²) in [7, 11) is 5.57. The topological polar surface area (TPSA) is 36.9 Å². The number of unbranched alkanes of at least 4 members (excludes halogenated alkanes) is 1. The summed E-state index contributed by atoms with van der Waals surface area (Å²) in [5.41, 5.74) is 1.13. The fraction of sp³-hybridized carbons (Fsp3) is 0.533. The number of aliphatic imine (C=N–C) groups is 1. The predicted molar refractivity (Wildman–Crippen MR) is 96.1 cm³/mol. The summed E-state index contributed by atoms with van der Waals surface area (Å²) in [4.78, 5) is 6.45. The summed E-state index contributed by atoms with van der Waals surface area (Å²) in [5.74, 6) is 1.82. The number of hydrogen-bond acceptors (Lipinski definition) is 2. The molecule has 0 unspecified atom stereocenters. The number of nitrogens with one attached hydrogen (secondary N) is 1. The molecular weight excluding hydrogens is 365 g/mol. The van der Waals surface area contributed by atoms with Crippen LogP contribution in [0.3, 0.4) is 0 Å². The molecule has 20 heavy (non-hydrogen) atoms. The van der Waals surface area contributed by atoms with E-state index in [2.05, 4.69) is 35.2 Å². The summed E-state index contributed by atoms with van der Waals surface area (Å²) in [6.45, 7) is 3.92. The Morgan fingerprint density at radius 3 is 2.65 bits per heavy atom. The van der Waals surface area contributed by atoms with Gasteiger partial charge in [-0.15, -0.1) is 24.0 Å². The van der Waals surface area contributed by atoms with Gasteiger partial charge in [-0.05, 0) is 12.5 Å². The lowest BCUT2D eigenvalue weighted by molar-refractivity contribution is 0.408. The monoisotopic (exact) mass is 391 g/mol. The Bertz CT molecular complexity index is 410. The van der Waals surface area contributed by atoms with Gasteiger partial charge < -0.3 is 15.0 Å². The molecule has 0 heterocycles. The summed E-state index contributed by atoms with van der Waals surface area (Å²) in [5, 5.41) is 3.37. The van der Waals surface area contributed by atoms with Crippen LogP contribution < -0.4 is 10.1 Å². The molecule has 0 fully saturated rings. The fourth-order valence-corrected chi connectivity index (χ4v) is 1.91. The fourth-order valence-electron chi connectivity index (χ4n) is 1.91. The van der Waals surface area contributed by atoms with Crippen LogP contribution in [0, 0.1) is 0 Å². The molecule has 1 aromatic rings. The van der Waals surface area contributed by atoms with Gasteiger partial charge in [-0.25, -0.2) is 0 Å². The molecule has 0 atom stereocenters. The normalized spacial score (nSPS) is 10.7. The van der Waals surface area contributed by atoms with Crippen LogP contribution >= 0.6 is 24.0 Å². The Balaban J connectivity index is 0.00000361. The summed E-state index contributed by atoms with van der Waals surface area (Å²) in [6, 6.07) is 8.03. The van der Waals surface area contributed by atoms with Gasteiger partial charge in [0.15, 0.2) is 5.96 Å². The van der Waals surface area contributed by atoms with Crippen LogP contribution in [0.1, 0.15) is 25.3 Å². The maximum atomic E-state index is 5.34. The van der Waals surface area contributed by atoms with Gasteiger partial charge >= 0.3 is 0 Å². The smallest absolute Gasteiger partial charge is 0.193 e. The minimum Gasteiger partial charge on any atom is -0.496 e. The molecule has 0 bridgehead atoms. The van der Waals surface area contributed by atoms with Crippen molar-refractivity contribution in [2.75, 3.05) is 27.7 Å². The van der Waals surface area contributed by atoms with Crippen molar-refractivity contribution in [3.8, 4) is 5.75 Å². The van der Waals surface area contributed by atoms with E-state index in [1.807, 2.05) is 25.2 Å². The van der Waals surface area contributed by atoms with Crippen LogP contribution in [0.2, 0.25) is 0 Å². The van der Waals surface area contributed by atoms with Crippen LogP contribution in [-0.2, 0) is 6.54 Å². The van der Waals surface area contributed by atoms with Gasteiger partial charge in [0, 0.05) is 32.7 Å². The van der Waals surface area contributed by atoms with Gasteiger partial charge in [0.2, 0.25) is 0 Å². The second-order valence-corrected chi connectivity index (χ2v) is 4.49. The van der Waals surface area contributed by atoms with Gasteiger partial charge in [-0.1, -0.05) is 31.5 Å². The Kier molecular flexibility index (Phi) is 10.2. The molecule has 0 aliphatic heterocycles. The van der Waals surface area contributed by atoms with Crippen molar-refractivity contribution in [2.45, 2.75) is 26.3 Å². The van der Waals surface area contributed by atoms with Crippen LogP contribution in [0.25, 0.3) is 0 Å². The molecule has 1 N–H and O–H groups in total. The molecule has 0 aliphatic carbocycles. The third-order valence-corrected chi connectivity index (χ3v) is 3.05. The minimum absolute atomic E-state index is 0. The number of benzene rings is 1. The Labute approximate surface area is 139 Å². The lowest BCUT2D eigenvalue weighted by Crippen LogP contribution is -2.39. The zero-order valence-corrected chi connectivity index (χ0v) is 15.2. The third-order valence-electron chi connectivity index (χ3n) is 3.05. The van der Waals surface area contributed by atoms with Crippen LogP contribution in [0.5, 0.6) is 5.75 Å². The van der Waals surface area contributed by atoms with E-state index >= 15 is 0 Å². The molecule has 0 aromatic heterocycles. The number of halogens is 1. The molecule has 114 valence electrons. The first kappa shape index (κ1) is 19.0. The number of nitrogens with zero attached hydrogens (tertiary/aromatic N) is 2. The van der Waals surface area contributed by atoms with Crippen LogP contribution in [0.15, 0.2) is 29.3 Å². The van der Waals surface area contributed by atoms with E-state index < -0.39 is 0 Å². The maximum absolute atomic E-state index is 5.34. The van der Waals surface area contributed by atoms with Crippen molar-refractivity contribution in [1.29, 1.82) is 0 Å². The average Bonchev–Trinajstić information content (AvgIpc) is 2.46. The Hall–Kier alpha value is -0.980. The maximum Gasteiger partial charge on any atom is 0.193 e. The van der Waals surface area contributed by atoms with E-state index in [1.165, 1.54) is 12.8 Å². The SMILES string of the molecule is CCCCN(C)C(=NC)NCc1ccccc1OC.I. The highest BCUT2D eigenvalue weighted by Gasteiger charge is 2.06. The summed E-state index contributed by atoms with van der Waals surface area (Å²) >= 11 is 0. The summed E-state index contributed by atoms with van der Waals surface area (Å²) in [6.07, 6.45) is 2.36. The van der Waals surface area contributed by atoms with Crippen molar-refractivity contribution < 1.29 is 4.74 Å². The number of methoxy groups -OCH3 is 1. The van der Waals surface area contributed by atoms with Gasteiger partial charge in [0.1, 0.15) is 5.75 Å². The number of guanidine groups is 1. The van der Waals surface area contributed by atoms with Crippen molar-refractivity contribution in [2.24, 2.45) is 4.99 Å². The molecule has 1 aromatic carbocycles. The second-order valence-electron chi connectivity index (χ2n) is 4.49. The highest BCUT2D eigenvalue weighted by atomic mass is 127. The zero-order chi connectivity index (χ0) is 14.1. The van der Waals surface area contributed by atoms with Crippen molar-refractivity contribution in [3.63, 3.8) is 0 Å². The molecule has 0 saturated heterocycles. The predicted octanol–water partition coefficient (Wildman–Crippen LogP) is 3.12. The first-order valence-electron chi connectivity index (χ1n) is 6.76. The number of ether oxygens (including phenoxy) is 1. The van der Waals surface area contributed by atoms with E-state index in [0.717, 1.165) is 23.8 Å². The van der Waals surface area contributed by atoms with E-state index in [0.29, 0.717) is 6.54 Å². The van der Waals surface area contributed by atoms with Gasteiger partial charge in [0.05, 0.1) is 7.11 Å². The number of hydrogen-bond donors (Lipinski definition) is 1. The second kappa shape index (κ2) is 10.8. The highest BCUT2D eigenvalue weighted by Crippen LogP contribution is 2.16. The molecule has 5 heteroatoms.